The molecular formula is C39H46N8O5S. The van der Waals surface area contributed by atoms with E-state index in [2.05, 4.69) is 40.0 Å². The third-order valence-electron chi connectivity index (χ3n) is 10.1. The maximum atomic E-state index is 13.3. The van der Waals surface area contributed by atoms with E-state index in [1.807, 2.05) is 43.6 Å². The second kappa shape index (κ2) is 16.2. The number of anilines is 1. The third kappa shape index (κ3) is 7.78. The number of allylic oxidation sites excluding steroid dienone is 4. The first kappa shape index (κ1) is 37.5. The molecule has 1 fully saturated rings. The topological polar surface area (TPSA) is 168 Å². The molecular weight excluding hydrogens is 693 g/mol. The molecule has 5 heterocycles. The minimum Gasteiger partial charge on any atom is -0.356 e. The molecule has 3 aliphatic rings. The van der Waals surface area contributed by atoms with Gasteiger partial charge in [0.1, 0.15) is 22.9 Å². The highest BCUT2D eigenvalue weighted by molar-refractivity contribution is 7.15. The number of nitrogens with one attached hydrogen (secondary N) is 3. The summed E-state index contributed by atoms with van der Waals surface area (Å²) in [6.07, 6.45) is 10.1. The van der Waals surface area contributed by atoms with Gasteiger partial charge in [0.25, 0.3) is 5.91 Å². The molecule has 1 aromatic carbocycles. The van der Waals surface area contributed by atoms with E-state index in [4.69, 9.17) is 4.99 Å². The molecule has 0 saturated carbocycles. The van der Waals surface area contributed by atoms with Crippen LogP contribution in [-0.4, -0.2) is 67.5 Å². The zero-order chi connectivity index (χ0) is 37.8. The van der Waals surface area contributed by atoms with Crippen molar-refractivity contribution in [2.45, 2.75) is 105 Å². The molecule has 3 aliphatic heterocycles. The number of aryl methyl sites for hydroxylation is 2. The molecule has 278 valence electrons. The molecule has 1 unspecified atom stereocenters. The summed E-state index contributed by atoms with van der Waals surface area (Å²) >= 11 is 1.69. The Balaban J connectivity index is 0.980. The van der Waals surface area contributed by atoms with Crippen LogP contribution in [-0.2, 0) is 25.7 Å². The Labute approximate surface area is 313 Å². The molecule has 53 heavy (non-hydrogen) atoms. The van der Waals surface area contributed by atoms with Crippen LogP contribution in [0.4, 0.5) is 5.69 Å². The van der Waals surface area contributed by atoms with Crippen molar-refractivity contribution in [1.29, 1.82) is 0 Å². The Kier molecular flexibility index (Phi) is 11.5. The molecule has 2 aromatic heterocycles. The van der Waals surface area contributed by atoms with Crippen LogP contribution >= 0.6 is 11.3 Å². The highest BCUT2D eigenvalue weighted by Gasteiger charge is 2.40. The minimum atomic E-state index is -0.715. The number of carbonyl (C=O) groups is 5. The van der Waals surface area contributed by atoms with E-state index in [1.165, 1.54) is 9.78 Å². The first-order chi connectivity index (χ1) is 25.5. The number of aliphatic imine (C=N–C) groups is 1. The van der Waals surface area contributed by atoms with Crippen molar-refractivity contribution in [3.63, 3.8) is 0 Å². The average molecular weight is 739 g/mol. The maximum absolute atomic E-state index is 13.3. The van der Waals surface area contributed by atoms with Crippen molar-refractivity contribution in [2.24, 2.45) is 4.99 Å². The number of fused-ring (bicyclic) bond motifs is 4. The van der Waals surface area contributed by atoms with Gasteiger partial charge in [0.05, 0.1) is 12.1 Å². The van der Waals surface area contributed by atoms with Gasteiger partial charge >= 0.3 is 0 Å². The normalized spacial score (nSPS) is 18.4. The van der Waals surface area contributed by atoms with Crippen molar-refractivity contribution in [2.75, 3.05) is 11.9 Å². The summed E-state index contributed by atoms with van der Waals surface area (Å²) < 4.78 is 2.05. The van der Waals surface area contributed by atoms with Crippen LogP contribution in [0.3, 0.4) is 0 Å². The molecule has 1 saturated heterocycles. The number of unbranched alkanes of at least 4 members (excludes halogenated alkanes) is 3. The Morgan fingerprint density at radius 2 is 1.83 bits per heavy atom. The van der Waals surface area contributed by atoms with Crippen molar-refractivity contribution in [3.8, 4) is 5.00 Å². The largest absolute Gasteiger partial charge is 0.356 e. The van der Waals surface area contributed by atoms with Gasteiger partial charge in [-0.05, 0) is 77.2 Å². The number of hydrogen-bond donors (Lipinski definition) is 3. The Hall–Kier alpha value is -5.24. The van der Waals surface area contributed by atoms with Gasteiger partial charge in [0.15, 0.2) is 5.82 Å². The van der Waals surface area contributed by atoms with Crippen molar-refractivity contribution in [1.82, 2.24) is 30.3 Å². The van der Waals surface area contributed by atoms with Gasteiger partial charge in [-0.15, -0.1) is 21.5 Å². The number of nitrogens with zero attached hydrogens (tertiary/aromatic N) is 5. The lowest BCUT2D eigenvalue weighted by atomic mass is 9.99. The number of hydrogen-bond acceptors (Lipinski definition) is 9. The molecule has 0 spiro atoms. The fraction of sp³-hybridized carbons (Fsp3) is 0.436. The Morgan fingerprint density at radius 3 is 2.58 bits per heavy atom. The zero-order valence-electron chi connectivity index (χ0n) is 30.9. The van der Waals surface area contributed by atoms with Crippen LogP contribution in [0.1, 0.15) is 115 Å². The van der Waals surface area contributed by atoms with Gasteiger partial charge in [0, 0.05) is 53.2 Å². The fourth-order valence-corrected chi connectivity index (χ4v) is 8.39. The molecule has 13 nitrogen and oxygen atoms in total. The molecule has 5 amide bonds. The molecule has 2 atom stereocenters. The lowest BCUT2D eigenvalue weighted by Crippen LogP contribution is -2.52. The van der Waals surface area contributed by atoms with Crippen LogP contribution in [0.5, 0.6) is 0 Å². The predicted octanol–water partition coefficient (Wildman–Crippen LogP) is 5.48. The SMILES string of the molecule is C/C=C\C(=C/C)C1=N[C@@H](CC(=O)NCCCCCCC(=O)Nc2cccc3c2CN(C2CCC(=O)NC2=O)C3=O)c2nnc(C)n2-c2sc(C)c(C)c21. The number of benzene rings is 1. The van der Waals surface area contributed by atoms with Gasteiger partial charge < -0.3 is 15.5 Å². The maximum Gasteiger partial charge on any atom is 0.255 e. The van der Waals surface area contributed by atoms with Gasteiger partial charge in [-0.2, -0.15) is 0 Å². The number of thiophene rings is 1. The first-order valence-corrected chi connectivity index (χ1v) is 19.1. The smallest absolute Gasteiger partial charge is 0.255 e. The molecule has 3 aromatic rings. The number of amides is 5. The van der Waals surface area contributed by atoms with Gasteiger partial charge in [-0.3, -0.25) is 38.8 Å². The van der Waals surface area contributed by atoms with Crippen molar-refractivity contribution in [3.05, 3.63) is 80.8 Å². The summed E-state index contributed by atoms with van der Waals surface area (Å²) in [5, 5.41) is 18.2. The van der Waals surface area contributed by atoms with E-state index in [0.717, 1.165) is 52.5 Å². The first-order valence-electron chi connectivity index (χ1n) is 18.2. The van der Waals surface area contributed by atoms with Crippen LogP contribution in [0.2, 0.25) is 0 Å². The molecule has 0 aliphatic carbocycles. The molecule has 6 rings (SSSR count). The number of piperidine rings is 1. The van der Waals surface area contributed by atoms with E-state index in [1.54, 1.807) is 29.5 Å². The summed E-state index contributed by atoms with van der Waals surface area (Å²) in [4.78, 5) is 71.1. The number of aromatic nitrogens is 3. The monoisotopic (exact) mass is 738 g/mol. The third-order valence-corrected chi connectivity index (χ3v) is 11.3. The zero-order valence-corrected chi connectivity index (χ0v) is 31.7. The second-order valence-electron chi connectivity index (χ2n) is 13.6. The number of rotatable bonds is 13. The van der Waals surface area contributed by atoms with Crippen molar-refractivity contribution < 1.29 is 24.0 Å². The highest BCUT2D eigenvalue weighted by Crippen LogP contribution is 2.40. The molecule has 0 radical (unpaired) electrons. The molecule has 14 heteroatoms. The Morgan fingerprint density at radius 1 is 1.04 bits per heavy atom. The summed E-state index contributed by atoms with van der Waals surface area (Å²) in [7, 11) is 0. The van der Waals surface area contributed by atoms with Crippen molar-refractivity contribution >= 4 is 52.3 Å². The van der Waals surface area contributed by atoms with E-state index >= 15 is 0 Å². The van der Waals surface area contributed by atoms with Gasteiger partial charge in [0.2, 0.25) is 23.6 Å². The van der Waals surface area contributed by atoms with Crippen LogP contribution in [0.15, 0.2) is 47.0 Å². The summed E-state index contributed by atoms with van der Waals surface area (Å²) in [6.45, 7) is 10.8. The quantitative estimate of drug-likeness (QED) is 0.119. The number of imide groups is 1. The van der Waals surface area contributed by atoms with E-state index in [0.29, 0.717) is 42.0 Å². The van der Waals surface area contributed by atoms with Crippen LogP contribution in [0.25, 0.3) is 5.00 Å². The van der Waals surface area contributed by atoms with E-state index in [9.17, 15) is 24.0 Å². The van der Waals surface area contributed by atoms with Gasteiger partial charge in [-0.25, -0.2) is 0 Å². The predicted molar refractivity (Wildman–Crippen MR) is 203 cm³/mol. The molecule has 0 bridgehead atoms. The number of carbonyl (C=O) groups excluding carboxylic acids is 5. The average Bonchev–Trinajstić information content (AvgIpc) is 3.74. The summed E-state index contributed by atoms with van der Waals surface area (Å²) in [5.41, 5.74) is 5.75. The van der Waals surface area contributed by atoms with Crippen LogP contribution < -0.4 is 16.0 Å². The second-order valence-corrected chi connectivity index (χ2v) is 14.8. The molecule has 3 N–H and O–H groups in total. The van der Waals surface area contributed by atoms with E-state index < -0.39 is 18.0 Å². The summed E-state index contributed by atoms with van der Waals surface area (Å²) in [5.74, 6) is 0.0597. The minimum absolute atomic E-state index is 0.110. The lowest BCUT2D eigenvalue weighted by molar-refractivity contribution is -0.137. The van der Waals surface area contributed by atoms with E-state index in [-0.39, 0.29) is 49.4 Å². The Bertz CT molecular complexity index is 2060. The standard InChI is InChI=1S/C39H46N8O5S/c1-6-13-25(7-2)35-34-22(3)23(4)53-39(34)47-24(5)44-45-36(47)29(42-35)20-33(50)40-19-11-9-8-10-16-31(48)41-28-15-12-14-26-27(28)21-46(38(26)52)30-17-18-32(49)43-37(30)51/h6-7,12-15,29-30H,8-11,16-21H2,1-5H3,(H,40,50)(H,41,48)(H,43,49,51)/b13-6-,25-7+/t29-,30?/m0/s1. The fourth-order valence-electron chi connectivity index (χ4n) is 7.17. The van der Waals surface area contributed by atoms with Gasteiger partial charge in [-0.1, -0.05) is 37.1 Å². The summed E-state index contributed by atoms with van der Waals surface area (Å²) in [6, 6.07) is 3.95. The highest BCUT2D eigenvalue weighted by atomic mass is 32.1. The van der Waals surface area contributed by atoms with Crippen LogP contribution in [0, 0.1) is 20.8 Å². The lowest BCUT2D eigenvalue weighted by Gasteiger charge is -2.29.